The van der Waals surface area contributed by atoms with Crippen LogP contribution in [0.4, 0.5) is 0 Å². The lowest BCUT2D eigenvalue weighted by molar-refractivity contribution is -0.135. The lowest BCUT2D eigenvalue weighted by Crippen LogP contribution is -2.28. The lowest BCUT2D eigenvalue weighted by Gasteiger charge is -2.21. The van der Waals surface area contributed by atoms with E-state index in [4.69, 9.17) is 9.57 Å². The van der Waals surface area contributed by atoms with Gasteiger partial charge in [0.25, 0.3) is 5.91 Å². The summed E-state index contributed by atoms with van der Waals surface area (Å²) in [5.41, 5.74) is 3.61. The average Bonchev–Trinajstić information content (AvgIpc) is 2.52. The Morgan fingerprint density at radius 3 is 2.65 bits per heavy atom. The Bertz CT molecular complexity index is 419. The molecule has 110 valence electrons. The quantitative estimate of drug-likeness (QED) is 0.818. The fourth-order valence-corrected chi connectivity index (χ4v) is 4.63. The third kappa shape index (κ3) is 4.92. The molecule has 4 nitrogen and oxygen atoms in total. The number of hydrogen-bond donors (Lipinski definition) is 1. The number of nitrogens with one attached hydrogen (secondary N) is 1. The van der Waals surface area contributed by atoms with Gasteiger partial charge in [-0.25, -0.2) is 5.48 Å². The first-order chi connectivity index (χ1) is 9.79. The summed E-state index contributed by atoms with van der Waals surface area (Å²) < 4.78 is 5.93. The number of benzene rings is 1. The van der Waals surface area contributed by atoms with E-state index in [-0.39, 0.29) is 12.5 Å². The molecule has 0 unspecified atom stereocenters. The summed E-state index contributed by atoms with van der Waals surface area (Å²) in [7, 11) is 0. The number of rotatable bonds is 6. The Morgan fingerprint density at radius 2 is 2.00 bits per heavy atom. The SMILES string of the molecule is CCONC(=O)COc1ccc(C2SCCCS2)cc1. The maximum absolute atomic E-state index is 11.3. The molecule has 6 heteroatoms. The van der Waals surface area contributed by atoms with E-state index >= 15 is 0 Å². The highest BCUT2D eigenvalue weighted by Crippen LogP contribution is 2.43. The minimum atomic E-state index is -0.283. The number of thioether (sulfide) groups is 2. The van der Waals surface area contributed by atoms with Gasteiger partial charge in [0.15, 0.2) is 6.61 Å². The largest absolute Gasteiger partial charge is 0.484 e. The highest BCUT2D eigenvalue weighted by Gasteiger charge is 2.16. The van der Waals surface area contributed by atoms with Crippen molar-refractivity contribution < 1.29 is 14.4 Å². The maximum Gasteiger partial charge on any atom is 0.281 e. The van der Waals surface area contributed by atoms with Gasteiger partial charge in [-0.3, -0.25) is 9.63 Å². The lowest BCUT2D eigenvalue weighted by atomic mass is 10.2. The Balaban J connectivity index is 1.80. The van der Waals surface area contributed by atoms with E-state index in [1.54, 1.807) is 6.92 Å². The standard InChI is InChI=1S/C14H19NO3S2/c1-2-18-15-13(16)10-17-12-6-4-11(5-7-12)14-19-8-3-9-20-14/h4-7,14H,2-3,8-10H2,1H3,(H,15,16). The molecule has 1 aromatic rings. The van der Waals surface area contributed by atoms with Crippen LogP contribution in [0.1, 0.15) is 23.5 Å². The van der Waals surface area contributed by atoms with Crippen LogP contribution in [0.2, 0.25) is 0 Å². The molecule has 1 N–H and O–H groups in total. The maximum atomic E-state index is 11.3. The van der Waals surface area contributed by atoms with Gasteiger partial charge >= 0.3 is 0 Å². The van der Waals surface area contributed by atoms with Crippen molar-refractivity contribution in [2.24, 2.45) is 0 Å². The Hall–Kier alpha value is -0.850. The van der Waals surface area contributed by atoms with Crippen molar-refractivity contribution in [1.82, 2.24) is 5.48 Å². The second kappa shape index (κ2) is 8.44. The molecular weight excluding hydrogens is 294 g/mol. The Kier molecular flexibility index (Phi) is 6.56. The number of carbonyl (C=O) groups is 1. The van der Waals surface area contributed by atoms with E-state index < -0.39 is 0 Å². The summed E-state index contributed by atoms with van der Waals surface area (Å²) >= 11 is 3.98. The fourth-order valence-electron chi connectivity index (χ4n) is 1.73. The van der Waals surface area contributed by atoms with Crippen molar-refractivity contribution in [1.29, 1.82) is 0 Å². The van der Waals surface area contributed by atoms with Crippen LogP contribution >= 0.6 is 23.5 Å². The summed E-state index contributed by atoms with van der Waals surface area (Å²) in [6.07, 6.45) is 1.29. The molecule has 1 aliphatic heterocycles. The third-order valence-corrected chi connectivity index (χ3v) is 5.69. The predicted octanol–water partition coefficient (Wildman–Crippen LogP) is 3.00. The zero-order valence-corrected chi connectivity index (χ0v) is 13.1. The van der Waals surface area contributed by atoms with Crippen molar-refractivity contribution in [3.8, 4) is 5.75 Å². The number of hydroxylamine groups is 1. The third-order valence-electron chi connectivity index (χ3n) is 2.68. The number of ether oxygens (including phenoxy) is 1. The first kappa shape index (κ1) is 15.5. The molecule has 0 atom stereocenters. The van der Waals surface area contributed by atoms with Crippen molar-refractivity contribution in [2.75, 3.05) is 24.7 Å². The minimum absolute atomic E-state index is 0.0354. The van der Waals surface area contributed by atoms with E-state index in [1.807, 2.05) is 35.7 Å². The molecule has 1 saturated heterocycles. The van der Waals surface area contributed by atoms with Gasteiger partial charge in [-0.15, -0.1) is 23.5 Å². The molecule has 1 aliphatic rings. The van der Waals surface area contributed by atoms with Gasteiger partial charge in [-0.05, 0) is 42.5 Å². The Morgan fingerprint density at radius 1 is 1.30 bits per heavy atom. The van der Waals surface area contributed by atoms with Crippen molar-refractivity contribution in [2.45, 2.75) is 17.9 Å². The monoisotopic (exact) mass is 313 g/mol. The van der Waals surface area contributed by atoms with Crippen LogP contribution < -0.4 is 10.2 Å². The van der Waals surface area contributed by atoms with Gasteiger partial charge in [-0.2, -0.15) is 0 Å². The molecule has 0 aliphatic carbocycles. The molecular formula is C14H19NO3S2. The number of hydrogen-bond acceptors (Lipinski definition) is 5. The fraction of sp³-hybridized carbons (Fsp3) is 0.500. The van der Waals surface area contributed by atoms with E-state index in [2.05, 4.69) is 17.6 Å². The van der Waals surface area contributed by atoms with Gasteiger partial charge in [0.05, 0.1) is 11.2 Å². The van der Waals surface area contributed by atoms with Crippen LogP contribution in [0.3, 0.4) is 0 Å². The molecule has 0 saturated carbocycles. The van der Waals surface area contributed by atoms with Gasteiger partial charge in [0, 0.05) is 0 Å². The van der Waals surface area contributed by atoms with Crippen molar-refractivity contribution in [3.05, 3.63) is 29.8 Å². The van der Waals surface area contributed by atoms with Crippen molar-refractivity contribution >= 4 is 29.4 Å². The first-order valence-corrected chi connectivity index (χ1v) is 8.76. The van der Waals surface area contributed by atoms with Gasteiger partial charge in [-0.1, -0.05) is 12.1 Å². The number of amides is 1. The van der Waals surface area contributed by atoms with Crippen LogP contribution in [0.15, 0.2) is 24.3 Å². The van der Waals surface area contributed by atoms with Gasteiger partial charge < -0.3 is 4.74 Å². The van der Waals surface area contributed by atoms with Crippen LogP contribution in [0.5, 0.6) is 5.75 Å². The molecule has 1 aromatic carbocycles. The smallest absolute Gasteiger partial charge is 0.281 e. The summed E-state index contributed by atoms with van der Waals surface area (Å²) in [5.74, 6) is 2.88. The van der Waals surface area contributed by atoms with E-state index in [1.165, 1.54) is 23.5 Å². The predicted molar refractivity (Wildman–Crippen MR) is 84.0 cm³/mol. The summed E-state index contributed by atoms with van der Waals surface area (Å²) in [5, 5.41) is 0. The molecule has 0 aromatic heterocycles. The normalized spacial score (nSPS) is 15.8. The van der Waals surface area contributed by atoms with Gasteiger partial charge in [0.2, 0.25) is 0 Å². The molecule has 1 amide bonds. The van der Waals surface area contributed by atoms with Gasteiger partial charge in [0.1, 0.15) is 5.75 Å². The molecule has 0 radical (unpaired) electrons. The summed E-state index contributed by atoms with van der Waals surface area (Å²) in [4.78, 5) is 16.1. The average molecular weight is 313 g/mol. The summed E-state index contributed by atoms with van der Waals surface area (Å²) in [6, 6.07) is 7.98. The Labute approximate surface area is 127 Å². The second-order valence-corrected chi connectivity index (χ2v) is 6.97. The van der Waals surface area contributed by atoms with Crippen LogP contribution in [-0.4, -0.2) is 30.6 Å². The zero-order valence-electron chi connectivity index (χ0n) is 11.5. The van der Waals surface area contributed by atoms with Crippen molar-refractivity contribution in [3.63, 3.8) is 0 Å². The van der Waals surface area contributed by atoms with Crippen LogP contribution in [-0.2, 0) is 9.63 Å². The van der Waals surface area contributed by atoms with Crippen LogP contribution in [0, 0.1) is 0 Å². The second-order valence-electron chi connectivity index (χ2n) is 4.24. The van der Waals surface area contributed by atoms with Crippen LogP contribution in [0.25, 0.3) is 0 Å². The number of carbonyl (C=O) groups excluding carboxylic acids is 1. The summed E-state index contributed by atoms with van der Waals surface area (Å²) in [6.45, 7) is 2.21. The van der Waals surface area contributed by atoms with E-state index in [0.29, 0.717) is 16.9 Å². The molecule has 1 heterocycles. The highest BCUT2D eigenvalue weighted by molar-refractivity contribution is 8.16. The first-order valence-electron chi connectivity index (χ1n) is 6.66. The van der Waals surface area contributed by atoms with E-state index in [9.17, 15) is 4.79 Å². The molecule has 2 rings (SSSR count). The molecule has 20 heavy (non-hydrogen) atoms. The van der Waals surface area contributed by atoms with E-state index in [0.717, 1.165) is 0 Å². The minimum Gasteiger partial charge on any atom is -0.484 e. The molecule has 1 fully saturated rings. The topological polar surface area (TPSA) is 47.6 Å². The zero-order chi connectivity index (χ0) is 14.2. The molecule has 0 bridgehead atoms. The highest BCUT2D eigenvalue weighted by atomic mass is 32.2. The molecule has 0 spiro atoms.